The second kappa shape index (κ2) is 6.59. The summed E-state index contributed by atoms with van der Waals surface area (Å²) in [5, 5.41) is 12.0. The molecule has 3 rings (SSSR count). The van der Waals surface area contributed by atoms with E-state index in [1.807, 2.05) is 6.07 Å². The molecule has 0 aromatic heterocycles. The Balaban J connectivity index is 1.86. The lowest BCUT2D eigenvalue weighted by molar-refractivity contribution is 0.102. The lowest BCUT2D eigenvalue weighted by atomic mass is 10.1. The van der Waals surface area contributed by atoms with Crippen LogP contribution in [0.4, 0.5) is 5.69 Å². The van der Waals surface area contributed by atoms with Crippen LogP contribution in [0.25, 0.3) is 0 Å². The summed E-state index contributed by atoms with van der Waals surface area (Å²) < 4.78 is 11.1. The van der Waals surface area contributed by atoms with Crippen LogP contribution in [0.2, 0.25) is 5.02 Å². The van der Waals surface area contributed by atoms with Crippen LogP contribution in [0.3, 0.4) is 0 Å². The van der Waals surface area contributed by atoms with Gasteiger partial charge in [-0.3, -0.25) is 4.79 Å². The monoisotopic (exact) mass is 328 g/mol. The molecule has 2 aromatic carbocycles. The van der Waals surface area contributed by atoms with Gasteiger partial charge in [0.1, 0.15) is 0 Å². The Bertz CT molecular complexity index is 799. The highest BCUT2D eigenvalue weighted by molar-refractivity contribution is 6.34. The number of fused-ring (bicyclic) bond motifs is 1. The van der Waals surface area contributed by atoms with E-state index < -0.39 is 0 Å². The van der Waals surface area contributed by atoms with Gasteiger partial charge in [0.25, 0.3) is 5.91 Å². The minimum Gasteiger partial charge on any atom is -0.490 e. The van der Waals surface area contributed by atoms with Crippen LogP contribution in [0.5, 0.6) is 11.5 Å². The van der Waals surface area contributed by atoms with Crippen LogP contribution in [-0.2, 0) is 0 Å². The molecule has 1 aliphatic heterocycles. The molecule has 0 atom stereocenters. The molecule has 0 saturated carbocycles. The van der Waals surface area contributed by atoms with Gasteiger partial charge in [-0.05, 0) is 18.2 Å². The number of nitrogens with zero attached hydrogens (tertiary/aromatic N) is 1. The molecule has 1 amide bonds. The molecule has 1 aliphatic rings. The maximum absolute atomic E-state index is 12.3. The summed E-state index contributed by atoms with van der Waals surface area (Å²) in [6, 6.07) is 11.7. The van der Waals surface area contributed by atoms with Gasteiger partial charge in [0.15, 0.2) is 11.5 Å². The zero-order chi connectivity index (χ0) is 16.2. The minimum absolute atomic E-state index is 0.349. The van der Waals surface area contributed by atoms with E-state index in [-0.39, 0.29) is 5.91 Å². The third kappa shape index (κ3) is 3.38. The van der Waals surface area contributed by atoms with Crippen LogP contribution < -0.4 is 14.8 Å². The van der Waals surface area contributed by atoms with E-state index in [9.17, 15) is 4.79 Å². The van der Waals surface area contributed by atoms with E-state index in [1.165, 1.54) is 6.07 Å². The third-order valence-corrected chi connectivity index (χ3v) is 3.65. The third-order valence-electron chi connectivity index (χ3n) is 3.34. The maximum Gasteiger partial charge on any atom is 0.255 e. The summed E-state index contributed by atoms with van der Waals surface area (Å²) in [7, 11) is 0. The minimum atomic E-state index is -0.349. The van der Waals surface area contributed by atoms with Crippen molar-refractivity contribution in [2.75, 3.05) is 18.5 Å². The Morgan fingerprint density at radius 1 is 1.17 bits per heavy atom. The summed E-state index contributed by atoms with van der Waals surface area (Å²) >= 11 is 6.20. The highest BCUT2D eigenvalue weighted by Crippen LogP contribution is 2.37. The Morgan fingerprint density at radius 3 is 2.65 bits per heavy atom. The molecule has 6 heteroatoms. The second-order valence-electron chi connectivity index (χ2n) is 4.98. The molecule has 0 aliphatic carbocycles. The van der Waals surface area contributed by atoms with Crippen molar-refractivity contribution in [2.24, 2.45) is 0 Å². The maximum atomic E-state index is 12.3. The summed E-state index contributed by atoms with van der Waals surface area (Å²) in [6.07, 6.45) is 0.787. The van der Waals surface area contributed by atoms with Gasteiger partial charge < -0.3 is 14.8 Å². The quantitative estimate of drug-likeness (QED) is 0.913. The van der Waals surface area contributed by atoms with Crippen molar-refractivity contribution >= 4 is 23.2 Å². The van der Waals surface area contributed by atoms with Crippen molar-refractivity contribution < 1.29 is 14.3 Å². The molecule has 5 nitrogen and oxygen atoms in total. The average Bonchev–Trinajstić information content (AvgIpc) is 2.80. The van der Waals surface area contributed by atoms with Gasteiger partial charge in [0.2, 0.25) is 0 Å². The first kappa shape index (κ1) is 15.2. The number of nitrogens with one attached hydrogen (secondary N) is 1. The number of carbonyl (C=O) groups excluding carboxylic acids is 1. The number of anilines is 1. The average molecular weight is 329 g/mol. The first-order valence-corrected chi connectivity index (χ1v) is 7.46. The number of amides is 1. The zero-order valence-corrected chi connectivity index (χ0v) is 12.9. The van der Waals surface area contributed by atoms with E-state index in [2.05, 4.69) is 5.32 Å². The fourth-order valence-electron chi connectivity index (χ4n) is 2.20. The number of hydrogen-bond donors (Lipinski definition) is 1. The molecule has 0 unspecified atom stereocenters. The number of carbonyl (C=O) groups is 1. The van der Waals surface area contributed by atoms with E-state index in [1.54, 1.807) is 30.3 Å². The largest absolute Gasteiger partial charge is 0.490 e. The number of ether oxygens (including phenoxy) is 2. The second-order valence-corrected chi connectivity index (χ2v) is 5.38. The Morgan fingerprint density at radius 2 is 1.91 bits per heavy atom. The van der Waals surface area contributed by atoms with Gasteiger partial charge in [0.05, 0.1) is 35.6 Å². The predicted molar refractivity (Wildman–Crippen MR) is 86.2 cm³/mol. The fraction of sp³-hybridized carbons (Fsp3) is 0.176. The number of hydrogen-bond acceptors (Lipinski definition) is 4. The van der Waals surface area contributed by atoms with Gasteiger partial charge in [-0.15, -0.1) is 0 Å². The highest BCUT2D eigenvalue weighted by Gasteiger charge is 2.16. The molecule has 2 aromatic rings. The summed E-state index contributed by atoms with van der Waals surface area (Å²) in [6.45, 7) is 1.11. The SMILES string of the molecule is N#Cc1cccc(C(=O)Nc2cc3c(cc2Cl)OCCCO3)c1. The number of halogens is 1. The van der Waals surface area contributed by atoms with Gasteiger partial charge >= 0.3 is 0 Å². The standard InChI is InChI=1S/C17H13ClN2O3/c18-13-8-15-16(23-6-2-5-22-15)9-14(13)20-17(21)12-4-1-3-11(7-12)10-19/h1,3-4,7-9H,2,5-6H2,(H,20,21). The van der Waals surface area contributed by atoms with Crippen molar-refractivity contribution in [3.05, 3.63) is 52.5 Å². The molecular weight excluding hydrogens is 316 g/mol. The van der Waals surface area contributed by atoms with Crippen molar-refractivity contribution in [1.82, 2.24) is 0 Å². The summed E-state index contributed by atoms with van der Waals surface area (Å²) in [5.41, 5.74) is 1.23. The van der Waals surface area contributed by atoms with Gasteiger partial charge in [-0.2, -0.15) is 5.26 Å². The molecule has 116 valence electrons. The lowest BCUT2D eigenvalue weighted by Gasteiger charge is -2.12. The molecule has 0 saturated heterocycles. The predicted octanol–water partition coefficient (Wildman–Crippen LogP) is 3.63. The van der Waals surface area contributed by atoms with E-state index >= 15 is 0 Å². The summed E-state index contributed by atoms with van der Waals surface area (Å²) in [4.78, 5) is 12.3. The Labute approximate surface area is 138 Å². The summed E-state index contributed by atoms with van der Waals surface area (Å²) in [5.74, 6) is 0.767. The highest BCUT2D eigenvalue weighted by atomic mass is 35.5. The zero-order valence-electron chi connectivity index (χ0n) is 12.1. The fourth-order valence-corrected chi connectivity index (χ4v) is 2.41. The van der Waals surface area contributed by atoms with Crippen LogP contribution in [0.15, 0.2) is 36.4 Å². The Kier molecular flexibility index (Phi) is 4.35. The number of benzene rings is 2. The topological polar surface area (TPSA) is 71.4 Å². The first-order valence-electron chi connectivity index (χ1n) is 7.08. The molecular formula is C17H13ClN2O3. The van der Waals surface area contributed by atoms with Crippen molar-refractivity contribution in [3.8, 4) is 17.6 Å². The first-order chi connectivity index (χ1) is 11.2. The van der Waals surface area contributed by atoms with Crippen molar-refractivity contribution in [2.45, 2.75) is 6.42 Å². The van der Waals surface area contributed by atoms with Crippen LogP contribution in [0.1, 0.15) is 22.3 Å². The van der Waals surface area contributed by atoms with E-state index in [0.717, 1.165) is 6.42 Å². The van der Waals surface area contributed by atoms with Crippen LogP contribution >= 0.6 is 11.6 Å². The number of nitriles is 1. The molecule has 1 heterocycles. The normalized spacial score (nSPS) is 12.9. The number of rotatable bonds is 2. The van der Waals surface area contributed by atoms with E-state index in [4.69, 9.17) is 26.3 Å². The van der Waals surface area contributed by atoms with Gasteiger partial charge in [-0.1, -0.05) is 17.7 Å². The van der Waals surface area contributed by atoms with Gasteiger partial charge in [-0.25, -0.2) is 0 Å². The molecule has 0 bridgehead atoms. The van der Waals surface area contributed by atoms with Crippen molar-refractivity contribution in [1.29, 1.82) is 5.26 Å². The molecule has 0 spiro atoms. The van der Waals surface area contributed by atoms with Gasteiger partial charge in [0, 0.05) is 24.1 Å². The smallest absolute Gasteiger partial charge is 0.255 e. The Hall–Kier alpha value is -2.71. The lowest BCUT2D eigenvalue weighted by Crippen LogP contribution is -2.12. The van der Waals surface area contributed by atoms with Crippen molar-refractivity contribution in [3.63, 3.8) is 0 Å². The van der Waals surface area contributed by atoms with Crippen LogP contribution in [-0.4, -0.2) is 19.1 Å². The molecule has 0 fully saturated rings. The molecule has 0 radical (unpaired) electrons. The van der Waals surface area contributed by atoms with E-state index in [0.29, 0.717) is 46.5 Å². The molecule has 1 N–H and O–H groups in total. The van der Waals surface area contributed by atoms with Crippen LogP contribution in [0, 0.1) is 11.3 Å². The molecule has 23 heavy (non-hydrogen) atoms.